The normalized spacial score (nSPS) is 63.9. The van der Waals surface area contributed by atoms with Crippen LogP contribution in [0.1, 0.15) is 84.5 Å². The lowest BCUT2D eigenvalue weighted by Gasteiger charge is -2.62. The highest BCUT2D eigenvalue weighted by Gasteiger charge is 2.76. The van der Waals surface area contributed by atoms with Crippen LogP contribution < -0.4 is 0 Å². The third kappa shape index (κ3) is 1.23. The molecule has 5 saturated carbocycles. The summed E-state index contributed by atoms with van der Waals surface area (Å²) < 4.78 is 0. The first-order valence-electron chi connectivity index (χ1n) is 9.60. The van der Waals surface area contributed by atoms with Crippen molar-refractivity contribution in [3.05, 3.63) is 0 Å². The van der Waals surface area contributed by atoms with E-state index < -0.39 is 0 Å². The predicted molar refractivity (Wildman–Crippen MR) is 83.4 cm³/mol. The first kappa shape index (κ1) is 12.5. The number of rotatable bonds is 0. The van der Waals surface area contributed by atoms with Crippen LogP contribution in [-0.2, 0) is 0 Å². The molecule has 0 amide bonds. The lowest BCUT2D eigenvalue weighted by Crippen LogP contribution is -2.55. The molecule has 7 atom stereocenters. The van der Waals surface area contributed by atoms with Gasteiger partial charge in [-0.3, -0.25) is 0 Å². The minimum atomic E-state index is 0.738. The van der Waals surface area contributed by atoms with E-state index in [1.807, 2.05) is 0 Å². The van der Waals surface area contributed by atoms with E-state index in [-0.39, 0.29) is 0 Å². The van der Waals surface area contributed by atoms with Crippen molar-refractivity contribution in [3.8, 4) is 0 Å². The van der Waals surface area contributed by atoms with Gasteiger partial charge in [0.1, 0.15) is 0 Å². The quantitative estimate of drug-likeness (QED) is 0.522. The minimum Gasteiger partial charge on any atom is -0.0591 e. The van der Waals surface area contributed by atoms with Crippen LogP contribution in [0.15, 0.2) is 0 Å². The largest absolute Gasteiger partial charge is 0.0591 e. The summed E-state index contributed by atoms with van der Waals surface area (Å²) in [6.45, 7) is 5.44. The Morgan fingerprint density at radius 1 is 0.800 bits per heavy atom. The second-order valence-corrected chi connectivity index (χ2v) is 9.83. The molecule has 1 spiro atoms. The van der Waals surface area contributed by atoms with E-state index in [9.17, 15) is 0 Å². The molecule has 0 saturated heterocycles. The van der Waals surface area contributed by atoms with Gasteiger partial charge in [0.2, 0.25) is 0 Å². The van der Waals surface area contributed by atoms with Crippen molar-refractivity contribution in [2.45, 2.75) is 84.5 Å². The molecule has 112 valence electrons. The molecule has 0 nitrogen and oxygen atoms in total. The minimum absolute atomic E-state index is 0.738. The van der Waals surface area contributed by atoms with E-state index in [1.165, 1.54) is 12.8 Å². The Kier molecular flexibility index (Phi) is 2.30. The highest BCUT2D eigenvalue weighted by Crippen LogP contribution is 2.84. The zero-order valence-corrected chi connectivity index (χ0v) is 13.6. The molecule has 6 unspecified atom stereocenters. The Balaban J connectivity index is 1.55. The summed E-state index contributed by atoms with van der Waals surface area (Å²) in [5.74, 6) is 4.48. The monoisotopic (exact) mass is 272 g/mol. The highest BCUT2D eigenvalue weighted by molar-refractivity contribution is 5.24. The van der Waals surface area contributed by atoms with Crippen LogP contribution in [0, 0.1) is 39.9 Å². The van der Waals surface area contributed by atoms with Gasteiger partial charge in [-0.25, -0.2) is 0 Å². The van der Waals surface area contributed by atoms with Crippen LogP contribution >= 0.6 is 0 Å². The van der Waals surface area contributed by atoms with Gasteiger partial charge >= 0.3 is 0 Å². The lowest BCUT2D eigenvalue weighted by molar-refractivity contribution is -0.133. The Labute approximate surface area is 125 Å². The van der Waals surface area contributed by atoms with Crippen LogP contribution in [0.3, 0.4) is 0 Å². The maximum absolute atomic E-state index is 2.75. The number of hydrogen-bond donors (Lipinski definition) is 0. The van der Waals surface area contributed by atoms with E-state index in [4.69, 9.17) is 0 Å². The molecule has 20 heavy (non-hydrogen) atoms. The zero-order chi connectivity index (χ0) is 13.6. The summed E-state index contributed by atoms with van der Waals surface area (Å²) in [6.07, 6.45) is 17.3. The van der Waals surface area contributed by atoms with Crippen molar-refractivity contribution in [2.75, 3.05) is 0 Å². The maximum Gasteiger partial charge on any atom is -0.0179 e. The molecule has 0 aromatic heterocycles. The van der Waals surface area contributed by atoms with Crippen LogP contribution in [0.4, 0.5) is 0 Å². The molecular weight excluding hydrogens is 240 g/mol. The average Bonchev–Trinajstić information content (AvgIpc) is 3.12. The molecule has 0 N–H and O–H groups in total. The topological polar surface area (TPSA) is 0 Å². The van der Waals surface area contributed by atoms with E-state index in [0.717, 1.165) is 39.9 Å². The molecule has 0 heterocycles. The van der Waals surface area contributed by atoms with Gasteiger partial charge in [0.15, 0.2) is 0 Å². The smallest absolute Gasteiger partial charge is 0.0179 e. The summed E-state index contributed by atoms with van der Waals surface area (Å²) in [4.78, 5) is 0. The fourth-order valence-electron chi connectivity index (χ4n) is 8.52. The summed E-state index contributed by atoms with van der Waals surface area (Å²) in [6, 6.07) is 0. The van der Waals surface area contributed by atoms with Crippen molar-refractivity contribution < 1.29 is 0 Å². The van der Waals surface area contributed by atoms with Gasteiger partial charge in [-0.1, -0.05) is 33.1 Å². The van der Waals surface area contributed by atoms with Crippen LogP contribution in [-0.4, -0.2) is 0 Å². The standard InChI is InChI=1S/C20H32/c1-18-10-9-15-13-20(15,18)17-8-7-14-5-3-4-6-16(14)19(17,2)12-11-18/h14-17H,3-13H2,1-2H3/t14?,15?,16?,17?,18?,19-,20?/m1/s1. The fourth-order valence-corrected chi connectivity index (χ4v) is 8.52. The van der Waals surface area contributed by atoms with Gasteiger partial charge in [-0.2, -0.15) is 0 Å². The third-order valence-electron chi connectivity index (χ3n) is 9.54. The first-order chi connectivity index (χ1) is 9.60. The molecule has 5 rings (SSSR count). The SMILES string of the molecule is CC12CCC3CC31C1CCC3CCCCC3[C@@]1(C)CC2. The average molecular weight is 272 g/mol. The van der Waals surface area contributed by atoms with Crippen molar-refractivity contribution in [1.29, 1.82) is 0 Å². The van der Waals surface area contributed by atoms with Gasteiger partial charge in [-0.05, 0) is 91.3 Å². The molecule has 0 aromatic carbocycles. The summed E-state index contributed by atoms with van der Waals surface area (Å²) >= 11 is 0. The summed E-state index contributed by atoms with van der Waals surface area (Å²) in [7, 11) is 0. The predicted octanol–water partition coefficient (Wildman–Crippen LogP) is 5.81. The van der Waals surface area contributed by atoms with Gasteiger partial charge in [0, 0.05) is 0 Å². The molecule has 0 bridgehead atoms. The number of hydrogen-bond acceptors (Lipinski definition) is 0. The second kappa shape index (κ2) is 3.66. The Hall–Kier alpha value is 0. The zero-order valence-electron chi connectivity index (χ0n) is 13.6. The molecular formula is C20H32. The highest BCUT2D eigenvalue weighted by atomic mass is 14.8. The summed E-state index contributed by atoms with van der Waals surface area (Å²) in [5.41, 5.74) is 2.33. The van der Waals surface area contributed by atoms with Crippen LogP contribution in [0.5, 0.6) is 0 Å². The van der Waals surface area contributed by atoms with Crippen molar-refractivity contribution in [2.24, 2.45) is 39.9 Å². The molecule has 0 aromatic rings. The van der Waals surface area contributed by atoms with Crippen molar-refractivity contribution in [1.82, 2.24) is 0 Å². The van der Waals surface area contributed by atoms with E-state index >= 15 is 0 Å². The van der Waals surface area contributed by atoms with Gasteiger partial charge in [-0.15, -0.1) is 0 Å². The van der Waals surface area contributed by atoms with E-state index in [2.05, 4.69) is 13.8 Å². The van der Waals surface area contributed by atoms with Crippen LogP contribution in [0.25, 0.3) is 0 Å². The Morgan fingerprint density at radius 2 is 1.65 bits per heavy atom. The van der Waals surface area contributed by atoms with Crippen molar-refractivity contribution in [3.63, 3.8) is 0 Å². The Bertz CT molecular complexity index is 439. The second-order valence-electron chi connectivity index (χ2n) is 9.83. The molecule has 0 radical (unpaired) electrons. The first-order valence-corrected chi connectivity index (χ1v) is 9.60. The van der Waals surface area contributed by atoms with Crippen LogP contribution in [0.2, 0.25) is 0 Å². The van der Waals surface area contributed by atoms with E-state index in [1.54, 1.807) is 57.8 Å². The molecule has 0 aliphatic heterocycles. The molecule has 5 aliphatic rings. The van der Waals surface area contributed by atoms with Gasteiger partial charge < -0.3 is 0 Å². The van der Waals surface area contributed by atoms with Crippen molar-refractivity contribution >= 4 is 0 Å². The van der Waals surface area contributed by atoms with Gasteiger partial charge in [0.25, 0.3) is 0 Å². The third-order valence-corrected chi connectivity index (χ3v) is 9.54. The Morgan fingerprint density at radius 3 is 2.50 bits per heavy atom. The fraction of sp³-hybridized carbons (Fsp3) is 1.00. The number of fused-ring (bicyclic) bond motifs is 3. The molecule has 5 fully saturated rings. The molecule has 5 aliphatic carbocycles. The maximum atomic E-state index is 2.75. The lowest BCUT2D eigenvalue weighted by atomic mass is 9.42. The molecule has 0 heteroatoms. The van der Waals surface area contributed by atoms with Gasteiger partial charge in [0.05, 0.1) is 0 Å². The van der Waals surface area contributed by atoms with E-state index in [0.29, 0.717) is 0 Å². The summed E-state index contributed by atoms with van der Waals surface area (Å²) in [5, 5.41) is 0.